The van der Waals surface area contributed by atoms with Crippen molar-refractivity contribution >= 4 is 18.0 Å². The van der Waals surface area contributed by atoms with Gasteiger partial charge in [0.1, 0.15) is 18.2 Å². The van der Waals surface area contributed by atoms with E-state index in [0.29, 0.717) is 5.82 Å². The number of carbonyl (C=O) groups excluding carboxylic acids is 2. The number of nitrogens with zero attached hydrogens (tertiary/aromatic N) is 3. The van der Waals surface area contributed by atoms with E-state index >= 15 is 0 Å². The number of aliphatic carboxylic acids is 1. The number of rotatable bonds is 7. The van der Waals surface area contributed by atoms with Gasteiger partial charge in [0, 0.05) is 13.5 Å². The van der Waals surface area contributed by atoms with Crippen LogP contribution in [0.4, 0.5) is 4.79 Å². The van der Waals surface area contributed by atoms with E-state index in [1.165, 1.54) is 25.4 Å². The van der Waals surface area contributed by atoms with Gasteiger partial charge >= 0.3 is 18.0 Å². The summed E-state index contributed by atoms with van der Waals surface area (Å²) in [7, 11) is 2.69. The maximum atomic E-state index is 11.9. The molecule has 0 unspecified atom stereocenters. The SMILES string of the molecule is COC(=O)CC[C@H](NC(=O)N(C)Cc1ncn[nH]1)C(=O)O. The molecule has 21 heavy (non-hydrogen) atoms. The van der Waals surface area contributed by atoms with Crippen molar-refractivity contribution in [2.24, 2.45) is 0 Å². The number of aromatic amines is 1. The van der Waals surface area contributed by atoms with Crippen LogP contribution in [0, 0.1) is 0 Å². The zero-order valence-corrected chi connectivity index (χ0v) is 11.7. The standard InChI is InChI=1S/C11H17N5O5/c1-16(5-8-12-6-13-15-8)11(20)14-7(10(18)19)3-4-9(17)21-2/h6-7H,3-5H2,1-2H3,(H,14,20)(H,18,19)(H,12,13,15)/t7-/m0/s1. The monoisotopic (exact) mass is 299 g/mol. The number of methoxy groups -OCH3 is 1. The van der Waals surface area contributed by atoms with Gasteiger partial charge in [0.25, 0.3) is 0 Å². The second kappa shape index (κ2) is 7.82. The minimum atomic E-state index is -1.22. The summed E-state index contributed by atoms with van der Waals surface area (Å²) in [5, 5.41) is 17.6. The van der Waals surface area contributed by atoms with E-state index in [9.17, 15) is 14.4 Å². The first-order valence-electron chi connectivity index (χ1n) is 6.09. The van der Waals surface area contributed by atoms with Gasteiger partial charge in [0.15, 0.2) is 0 Å². The number of aromatic nitrogens is 3. The lowest BCUT2D eigenvalue weighted by molar-refractivity contribution is -0.142. The Hall–Kier alpha value is -2.65. The second-order valence-electron chi connectivity index (χ2n) is 4.24. The van der Waals surface area contributed by atoms with E-state index in [1.807, 2.05) is 0 Å². The zero-order chi connectivity index (χ0) is 15.8. The van der Waals surface area contributed by atoms with Crippen molar-refractivity contribution in [3.63, 3.8) is 0 Å². The van der Waals surface area contributed by atoms with Crippen LogP contribution >= 0.6 is 0 Å². The number of carbonyl (C=O) groups is 3. The topological polar surface area (TPSA) is 138 Å². The third-order valence-corrected chi connectivity index (χ3v) is 2.66. The quantitative estimate of drug-likeness (QED) is 0.569. The van der Waals surface area contributed by atoms with Crippen LogP contribution in [0.5, 0.6) is 0 Å². The summed E-state index contributed by atoms with van der Waals surface area (Å²) in [6.45, 7) is 0.148. The van der Waals surface area contributed by atoms with Gasteiger partial charge in [-0.1, -0.05) is 0 Å². The average Bonchev–Trinajstić information content (AvgIpc) is 2.95. The first-order chi connectivity index (χ1) is 9.93. The molecule has 10 heteroatoms. The fraction of sp³-hybridized carbons (Fsp3) is 0.545. The number of carboxylic acids is 1. The van der Waals surface area contributed by atoms with Crippen molar-refractivity contribution in [1.82, 2.24) is 25.4 Å². The highest BCUT2D eigenvalue weighted by molar-refractivity contribution is 5.83. The summed E-state index contributed by atoms with van der Waals surface area (Å²) in [6.07, 6.45) is 1.15. The molecule has 0 radical (unpaired) electrons. The van der Waals surface area contributed by atoms with E-state index < -0.39 is 24.0 Å². The minimum absolute atomic E-state index is 0.0517. The van der Waals surface area contributed by atoms with E-state index in [0.717, 1.165) is 0 Å². The molecule has 0 aliphatic rings. The molecule has 1 atom stereocenters. The highest BCUT2D eigenvalue weighted by Crippen LogP contribution is 2.02. The van der Waals surface area contributed by atoms with E-state index in [4.69, 9.17) is 5.11 Å². The van der Waals surface area contributed by atoms with Gasteiger partial charge in [0.05, 0.1) is 13.7 Å². The molecule has 0 aliphatic heterocycles. The summed E-state index contributed by atoms with van der Waals surface area (Å²) in [5.74, 6) is -1.29. The average molecular weight is 299 g/mol. The Morgan fingerprint density at radius 2 is 2.24 bits per heavy atom. The first-order valence-corrected chi connectivity index (χ1v) is 6.09. The van der Waals surface area contributed by atoms with Crippen molar-refractivity contribution in [2.75, 3.05) is 14.2 Å². The third-order valence-electron chi connectivity index (χ3n) is 2.66. The number of H-pyrrole nitrogens is 1. The Bertz CT molecular complexity index is 489. The number of urea groups is 1. The third kappa shape index (κ3) is 5.47. The van der Waals surface area contributed by atoms with Crippen LogP contribution in [0.2, 0.25) is 0 Å². The Balaban J connectivity index is 2.51. The van der Waals surface area contributed by atoms with Crippen molar-refractivity contribution < 1.29 is 24.2 Å². The molecule has 0 saturated carbocycles. The van der Waals surface area contributed by atoms with Gasteiger partial charge in [-0.3, -0.25) is 9.89 Å². The molecule has 2 amide bonds. The number of nitrogens with one attached hydrogen (secondary N) is 2. The maximum absolute atomic E-state index is 11.9. The molecule has 1 heterocycles. The summed E-state index contributed by atoms with van der Waals surface area (Å²) >= 11 is 0. The Labute approximate surface area is 120 Å². The largest absolute Gasteiger partial charge is 0.480 e. The van der Waals surface area contributed by atoms with Crippen molar-refractivity contribution in [3.05, 3.63) is 12.2 Å². The number of hydrogen-bond acceptors (Lipinski definition) is 6. The molecule has 0 spiro atoms. The van der Waals surface area contributed by atoms with Crippen LogP contribution in [-0.2, 0) is 20.9 Å². The minimum Gasteiger partial charge on any atom is -0.480 e. The highest BCUT2D eigenvalue weighted by Gasteiger charge is 2.23. The molecular formula is C11H17N5O5. The highest BCUT2D eigenvalue weighted by atomic mass is 16.5. The Morgan fingerprint density at radius 1 is 1.52 bits per heavy atom. The number of esters is 1. The van der Waals surface area contributed by atoms with Crippen LogP contribution in [0.15, 0.2) is 6.33 Å². The molecule has 0 bridgehead atoms. The van der Waals surface area contributed by atoms with Crippen molar-refractivity contribution in [1.29, 1.82) is 0 Å². The van der Waals surface area contributed by atoms with Crippen molar-refractivity contribution in [2.45, 2.75) is 25.4 Å². The van der Waals surface area contributed by atoms with Crippen LogP contribution in [0.25, 0.3) is 0 Å². The van der Waals surface area contributed by atoms with Gasteiger partial charge in [-0.25, -0.2) is 14.6 Å². The molecule has 0 aliphatic carbocycles. The van der Waals surface area contributed by atoms with Gasteiger partial charge in [0.2, 0.25) is 0 Å². The lowest BCUT2D eigenvalue weighted by atomic mass is 10.1. The molecule has 1 aromatic rings. The van der Waals surface area contributed by atoms with Gasteiger partial charge < -0.3 is 20.1 Å². The lowest BCUT2D eigenvalue weighted by Gasteiger charge is -2.20. The van der Waals surface area contributed by atoms with Crippen molar-refractivity contribution in [3.8, 4) is 0 Å². The maximum Gasteiger partial charge on any atom is 0.326 e. The second-order valence-corrected chi connectivity index (χ2v) is 4.24. The number of carboxylic acid groups (broad SMARTS) is 1. The van der Waals surface area contributed by atoms with Crippen LogP contribution < -0.4 is 5.32 Å². The summed E-state index contributed by atoms with van der Waals surface area (Å²) < 4.78 is 4.43. The molecular weight excluding hydrogens is 282 g/mol. The molecule has 1 rings (SSSR count). The lowest BCUT2D eigenvalue weighted by Crippen LogP contribution is -2.46. The number of hydrogen-bond donors (Lipinski definition) is 3. The van der Waals surface area contributed by atoms with E-state index in [1.54, 1.807) is 0 Å². The Morgan fingerprint density at radius 3 is 2.76 bits per heavy atom. The number of amides is 2. The van der Waals surface area contributed by atoms with Crippen LogP contribution in [0.1, 0.15) is 18.7 Å². The smallest absolute Gasteiger partial charge is 0.326 e. The molecule has 3 N–H and O–H groups in total. The van der Waals surface area contributed by atoms with Gasteiger partial charge in [-0.05, 0) is 6.42 Å². The summed E-state index contributed by atoms with van der Waals surface area (Å²) in [4.78, 5) is 39.0. The van der Waals surface area contributed by atoms with E-state index in [2.05, 4.69) is 25.2 Å². The predicted octanol–water partition coefficient (Wildman–Crippen LogP) is -0.647. The van der Waals surface area contributed by atoms with Crippen LogP contribution in [-0.4, -0.2) is 63.4 Å². The first kappa shape index (κ1) is 16.4. The van der Waals surface area contributed by atoms with Gasteiger partial charge in [-0.2, -0.15) is 5.10 Å². The molecule has 1 aromatic heterocycles. The molecule has 0 aromatic carbocycles. The van der Waals surface area contributed by atoms with E-state index in [-0.39, 0.29) is 19.4 Å². The summed E-state index contributed by atoms with van der Waals surface area (Å²) in [5.41, 5.74) is 0. The number of ether oxygens (including phenoxy) is 1. The summed E-state index contributed by atoms with van der Waals surface area (Å²) in [6, 6.07) is -1.77. The van der Waals surface area contributed by atoms with Crippen LogP contribution in [0.3, 0.4) is 0 Å². The molecule has 0 fully saturated rings. The fourth-order valence-electron chi connectivity index (χ4n) is 1.48. The molecule has 116 valence electrons. The fourth-order valence-corrected chi connectivity index (χ4v) is 1.48. The predicted molar refractivity (Wildman–Crippen MR) is 69.1 cm³/mol. The zero-order valence-electron chi connectivity index (χ0n) is 11.7. The van der Waals surface area contributed by atoms with Gasteiger partial charge in [-0.15, -0.1) is 0 Å². The molecule has 0 saturated heterocycles. The normalized spacial score (nSPS) is 11.5. The Kier molecular flexibility index (Phi) is 6.11. The molecule has 10 nitrogen and oxygen atoms in total.